The van der Waals surface area contributed by atoms with Gasteiger partial charge in [0.25, 0.3) is 0 Å². The SMILES string of the molecule is CCOC(=O)C1(C(C)=O)[C@H](C=O)[C@H]1CC. The first-order valence-corrected chi connectivity index (χ1v) is 5.20. The van der Waals surface area contributed by atoms with Crippen molar-refractivity contribution in [3.05, 3.63) is 0 Å². The lowest BCUT2D eigenvalue weighted by Gasteiger charge is -2.11. The topological polar surface area (TPSA) is 60.4 Å². The molecule has 1 saturated carbocycles. The lowest BCUT2D eigenvalue weighted by atomic mass is 9.96. The molecule has 4 nitrogen and oxygen atoms in total. The van der Waals surface area contributed by atoms with E-state index in [-0.39, 0.29) is 18.3 Å². The molecule has 0 aromatic heterocycles. The van der Waals surface area contributed by atoms with Crippen LogP contribution in [0.25, 0.3) is 0 Å². The van der Waals surface area contributed by atoms with Crippen LogP contribution in [0.2, 0.25) is 0 Å². The molecule has 84 valence electrons. The zero-order valence-corrected chi connectivity index (χ0v) is 9.28. The van der Waals surface area contributed by atoms with E-state index in [1.165, 1.54) is 6.92 Å². The number of ketones is 1. The second-order valence-corrected chi connectivity index (χ2v) is 3.82. The highest BCUT2D eigenvalue weighted by atomic mass is 16.5. The minimum Gasteiger partial charge on any atom is -0.465 e. The molecule has 3 atom stereocenters. The first-order chi connectivity index (χ1) is 7.07. The number of Topliss-reactive ketones (excluding diaryl/α,β-unsaturated/α-hetero) is 1. The van der Waals surface area contributed by atoms with Gasteiger partial charge in [0.15, 0.2) is 0 Å². The van der Waals surface area contributed by atoms with Gasteiger partial charge in [-0.15, -0.1) is 0 Å². The summed E-state index contributed by atoms with van der Waals surface area (Å²) < 4.78 is 4.88. The Morgan fingerprint density at radius 3 is 2.27 bits per heavy atom. The van der Waals surface area contributed by atoms with Crippen molar-refractivity contribution in [1.82, 2.24) is 0 Å². The number of esters is 1. The van der Waals surface area contributed by atoms with E-state index in [2.05, 4.69) is 0 Å². The van der Waals surface area contributed by atoms with Crippen LogP contribution in [0.5, 0.6) is 0 Å². The molecule has 1 unspecified atom stereocenters. The molecule has 4 heteroatoms. The minimum absolute atomic E-state index is 0.174. The molecule has 1 fully saturated rings. The predicted octanol–water partition coefficient (Wildman–Crippen LogP) is 0.980. The Labute approximate surface area is 89.0 Å². The molecule has 0 aliphatic heterocycles. The Kier molecular flexibility index (Phi) is 3.27. The highest BCUT2D eigenvalue weighted by molar-refractivity contribution is 6.10. The summed E-state index contributed by atoms with van der Waals surface area (Å²) in [6.07, 6.45) is 1.34. The van der Waals surface area contributed by atoms with Crippen LogP contribution in [0.3, 0.4) is 0 Å². The van der Waals surface area contributed by atoms with Crippen LogP contribution in [0.15, 0.2) is 0 Å². The highest BCUT2D eigenvalue weighted by Gasteiger charge is 2.72. The van der Waals surface area contributed by atoms with Crippen LogP contribution in [-0.2, 0) is 19.1 Å². The van der Waals surface area contributed by atoms with Crippen LogP contribution in [0.1, 0.15) is 27.2 Å². The van der Waals surface area contributed by atoms with Gasteiger partial charge in [-0.05, 0) is 19.8 Å². The second-order valence-electron chi connectivity index (χ2n) is 3.82. The summed E-state index contributed by atoms with van der Waals surface area (Å²) in [7, 11) is 0. The second kappa shape index (κ2) is 4.13. The normalized spacial score (nSPS) is 33.3. The molecule has 1 aliphatic carbocycles. The van der Waals surface area contributed by atoms with Crippen LogP contribution in [0.4, 0.5) is 0 Å². The van der Waals surface area contributed by atoms with E-state index >= 15 is 0 Å². The molecular formula is C11H16O4. The Bertz CT molecular complexity index is 297. The van der Waals surface area contributed by atoms with Gasteiger partial charge in [0.1, 0.15) is 17.5 Å². The molecule has 1 rings (SSSR count). The zero-order valence-electron chi connectivity index (χ0n) is 9.28. The average molecular weight is 212 g/mol. The Morgan fingerprint density at radius 1 is 1.40 bits per heavy atom. The molecule has 0 aromatic rings. The number of hydrogen-bond acceptors (Lipinski definition) is 4. The number of ether oxygens (including phenoxy) is 1. The van der Waals surface area contributed by atoms with E-state index in [0.29, 0.717) is 12.7 Å². The van der Waals surface area contributed by atoms with Gasteiger partial charge in [-0.1, -0.05) is 13.3 Å². The molecule has 0 aromatic carbocycles. The molecule has 0 amide bonds. The van der Waals surface area contributed by atoms with Crippen molar-refractivity contribution < 1.29 is 19.1 Å². The fraction of sp³-hybridized carbons (Fsp3) is 0.727. The number of carbonyl (C=O) groups is 3. The maximum Gasteiger partial charge on any atom is 0.320 e. The maximum atomic E-state index is 11.7. The van der Waals surface area contributed by atoms with Crippen LogP contribution < -0.4 is 0 Å². The van der Waals surface area contributed by atoms with Gasteiger partial charge in [-0.3, -0.25) is 9.59 Å². The van der Waals surface area contributed by atoms with Crippen LogP contribution in [-0.4, -0.2) is 24.6 Å². The van der Waals surface area contributed by atoms with Crippen molar-refractivity contribution in [2.75, 3.05) is 6.61 Å². The average Bonchev–Trinajstić information content (AvgIpc) is 2.86. The van der Waals surface area contributed by atoms with Crippen molar-refractivity contribution in [3.8, 4) is 0 Å². The molecule has 0 spiro atoms. The molecule has 0 bridgehead atoms. The van der Waals surface area contributed by atoms with Crippen LogP contribution in [0, 0.1) is 17.3 Å². The van der Waals surface area contributed by atoms with Gasteiger partial charge in [-0.2, -0.15) is 0 Å². The molecule has 15 heavy (non-hydrogen) atoms. The van der Waals surface area contributed by atoms with E-state index in [1.54, 1.807) is 6.92 Å². The minimum atomic E-state index is -1.17. The van der Waals surface area contributed by atoms with Gasteiger partial charge in [0.05, 0.1) is 6.61 Å². The molecule has 0 N–H and O–H groups in total. The first kappa shape index (κ1) is 11.9. The van der Waals surface area contributed by atoms with Gasteiger partial charge in [0, 0.05) is 5.92 Å². The fourth-order valence-corrected chi connectivity index (χ4v) is 2.44. The Morgan fingerprint density at radius 2 is 2.00 bits per heavy atom. The van der Waals surface area contributed by atoms with E-state index < -0.39 is 17.3 Å². The van der Waals surface area contributed by atoms with Gasteiger partial charge < -0.3 is 9.53 Å². The summed E-state index contributed by atoms with van der Waals surface area (Å²) in [5.74, 6) is -1.46. The number of carbonyl (C=O) groups excluding carboxylic acids is 3. The van der Waals surface area contributed by atoms with Crippen molar-refractivity contribution in [1.29, 1.82) is 0 Å². The fourth-order valence-electron chi connectivity index (χ4n) is 2.44. The maximum absolute atomic E-state index is 11.7. The molecule has 0 radical (unpaired) electrons. The lowest BCUT2D eigenvalue weighted by Crippen LogP contribution is -2.30. The van der Waals surface area contributed by atoms with E-state index in [0.717, 1.165) is 0 Å². The monoisotopic (exact) mass is 212 g/mol. The summed E-state index contributed by atoms with van der Waals surface area (Å²) >= 11 is 0. The number of rotatable bonds is 5. The summed E-state index contributed by atoms with van der Waals surface area (Å²) in [5, 5.41) is 0. The van der Waals surface area contributed by atoms with E-state index in [9.17, 15) is 14.4 Å². The molecule has 0 saturated heterocycles. The van der Waals surface area contributed by atoms with Crippen molar-refractivity contribution in [2.24, 2.45) is 17.3 Å². The highest BCUT2D eigenvalue weighted by Crippen LogP contribution is 2.60. The summed E-state index contributed by atoms with van der Waals surface area (Å²) in [5.41, 5.74) is -1.17. The Hall–Kier alpha value is -1.19. The van der Waals surface area contributed by atoms with Crippen molar-refractivity contribution >= 4 is 18.0 Å². The molecule has 0 heterocycles. The van der Waals surface area contributed by atoms with Gasteiger partial charge >= 0.3 is 5.97 Å². The van der Waals surface area contributed by atoms with E-state index in [1.807, 2.05) is 6.92 Å². The summed E-state index contributed by atoms with van der Waals surface area (Å²) in [4.78, 5) is 34.0. The first-order valence-electron chi connectivity index (χ1n) is 5.20. The van der Waals surface area contributed by atoms with Crippen molar-refractivity contribution in [3.63, 3.8) is 0 Å². The smallest absolute Gasteiger partial charge is 0.320 e. The zero-order chi connectivity index (χ0) is 11.6. The third-order valence-electron chi connectivity index (χ3n) is 3.22. The van der Waals surface area contributed by atoms with Crippen molar-refractivity contribution in [2.45, 2.75) is 27.2 Å². The third-order valence-corrected chi connectivity index (χ3v) is 3.22. The largest absolute Gasteiger partial charge is 0.465 e. The van der Waals surface area contributed by atoms with Crippen LogP contribution >= 0.6 is 0 Å². The number of aldehydes is 1. The lowest BCUT2D eigenvalue weighted by molar-refractivity contribution is -0.155. The molecular weight excluding hydrogens is 196 g/mol. The summed E-state index contributed by atoms with van der Waals surface area (Å²) in [6, 6.07) is 0. The molecule has 1 aliphatic rings. The van der Waals surface area contributed by atoms with Gasteiger partial charge in [0.2, 0.25) is 0 Å². The summed E-state index contributed by atoms with van der Waals surface area (Å²) in [6.45, 7) is 5.13. The van der Waals surface area contributed by atoms with E-state index in [4.69, 9.17) is 4.74 Å². The third kappa shape index (κ3) is 1.48. The quantitative estimate of drug-likeness (QED) is 0.387. The standard InChI is InChI=1S/C11H16O4/c1-4-8-9(6-12)11(8,7(3)13)10(14)15-5-2/h6,8-9H,4-5H2,1-3H3/t8-,9-,11?/m1/s1. The predicted molar refractivity (Wildman–Crippen MR) is 53.1 cm³/mol. The van der Waals surface area contributed by atoms with Gasteiger partial charge in [-0.25, -0.2) is 0 Å². The Balaban J connectivity index is 2.97. The number of hydrogen-bond donors (Lipinski definition) is 0.